The Balaban J connectivity index is 3.63. The van der Waals surface area contributed by atoms with Crippen LogP contribution in [0, 0.1) is 11.8 Å². The van der Waals surface area contributed by atoms with Crippen molar-refractivity contribution >= 4 is 5.91 Å². The van der Waals surface area contributed by atoms with Gasteiger partial charge in [0.2, 0.25) is 5.91 Å². The average molecular weight is 228 g/mol. The Labute approximate surface area is 100 Å². The van der Waals surface area contributed by atoms with Crippen LogP contribution in [0.15, 0.2) is 0 Å². The summed E-state index contributed by atoms with van der Waals surface area (Å²) in [6.45, 7) is 12.2. The predicted octanol–water partition coefficient (Wildman–Crippen LogP) is 2.17. The quantitative estimate of drug-likeness (QED) is 0.625. The van der Waals surface area contributed by atoms with E-state index in [0.717, 1.165) is 25.9 Å². The van der Waals surface area contributed by atoms with Crippen LogP contribution in [0.25, 0.3) is 0 Å². The second-order valence-corrected chi connectivity index (χ2v) is 5.05. The molecule has 0 aromatic rings. The molecule has 0 rings (SSSR count). The van der Waals surface area contributed by atoms with Gasteiger partial charge in [0.05, 0.1) is 0 Å². The highest BCUT2D eigenvalue weighted by Gasteiger charge is 2.14. The molecule has 2 unspecified atom stereocenters. The van der Waals surface area contributed by atoms with E-state index >= 15 is 0 Å². The van der Waals surface area contributed by atoms with Gasteiger partial charge >= 0.3 is 0 Å². The molecule has 3 heteroatoms. The van der Waals surface area contributed by atoms with Crippen molar-refractivity contribution in [3.8, 4) is 0 Å². The van der Waals surface area contributed by atoms with Crippen LogP contribution < -0.4 is 10.6 Å². The summed E-state index contributed by atoms with van der Waals surface area (Å²) < 4.78 is 0. The Morgan fingerprint density at radius 2 is 1.75 bits per heavy atom. The van der Waals surface area contributed by atoms with Gasteiger partial charge in [0.1, 0.15) is 0 Å². The highest BCUT2D eigenvalue weighted by Crippen LogP contribution is 2.14. The zero-order chi connectivity index (χ0) is 12.6. The maximum absolute atomic E-state index is 11.7. The topological polar surface area (TPSA) is 41.1 Å². The van der Waals surface area contributed by atoms with Crippen molar-refractivity contribution in [1.82, 2.24) is 10.6 Å². The predicted molar refractivity (Wildman–Crippen MR) is 69.4 cm³/mol. The Hall–Kier alpha value is -0.570. The summed E-state index contributed by atoms with van der Waals surface area (Å²) in [6.07, 6.45) is 2.13. The zero-order valence-electron chi connectivity index (χ0n) is 11.5. The van der Waals surface area contributed by atoms with Crippen LogP contribution in [-0.4, -0.2) is 25.0 Å². The minimum Gasteiger partial charge on any atom is -0.355 e. The smallest absolute Gasteiger partial charge is 0.222 e. The molecule has 0 aromatic heterocycles. The van der Waals surface area contributed by atoms with Crippen molar-refractivity contribution < 1.29 is 4.79 Å². The maximum Gasteiger partial charge on any atom is 0.222 e. The Kier molecular flexibility index (Phi) is 8.26. The normalized spacial score (nSPS) is 14.9. The third kappa shape index (κ3) is 7.69. The number of hydrogen-bond acceptors (Lipinski definition) is 2. The van der Waals surface area contributed by atoms with E-state index < -0.39 is 0 Å². The van der Waals surface area contributed by atoms with Crippen molar-refractivity contribution in [2.75, 3.05) is 13.1 Å². The summed E-state index contributed by atoms with van der Waals surface area (Å²) >= 11 is 0. The molecule has 2 N–H and O–H groups in total. The molecule has 96 valence electrons. The molecule has 0 aromatic carbocycles. The molecular weight excluding hydrogens is 200 g/mol. The third-order valence-corrected chi connectivity index (χ3v) is 2.88. The zero-order valence-corrected chi connectivity index (χ0v) is 11.5. The first-order valence-electron chi connectivity index (χ1n) is 6.48. The summed E-state index contributed by atoms with van der Waals surface area (Å²) in [5, 5.41) is 6.24. The van der Waals surface area contributed by atoms with E-state index in [1.807, 2.05) is 6.92 Å². The molecule has 0 radical (unpaired) electrons. The van der Waals surface area contributed by atoms with Crippen molar-refractivity contribution in [2.45, 2.75) is 53.5 Å². The van der Waals surface area contributed by atoms with Crippen LogP contribution in [-0.2, 0) is 4.79 Å². The molecule has 0 aliphatic carbocycles. The number of rotatable bonds is 8. The Morgan fingerprint density at radius 3 is 2.25 bits per heavy atom. The lowest BCUT2D eigenvalue weighted by atomic mass is 9.95. The van der Waals surface area contributed by atoms with Gasteiger partial charge < -0.3 is 10.6 Å². The van der Waals surface area contributed by atoms with E-state index in [4.69, 9.17) is 0 Å². The maximum atomic E-state index is 11.7. The van der Waals surface area contributed by atoms with Crippen molar-refractivity contribution in [3.63, 3.8) is 0 Å². The molecule has 1 amide bonds. The summed E-state index contributed by atoms with van der Waals surface area (Å²) in [5.74, 6) is 0.953. The van der Waals surface area contributed by atoms with Crippen molar-refractivity contribution in [3.05, 3.63) is 0 Å². The molecule has 0 aliphatic rings. The van der Waals surface area contributed by atoms with E-state index in [2.05, 4.69) is 38.3 Å². The monoisotopic (exact) mass is 228 g/mol. The summed E-state index contributed by atoms with van der Waals surface area (Å²) in [6, 6.07) is 0.481. The van der Waals surface area contributed by atoms with Gasteiger partial charge in [-0.15, -0.1) is 0 Å². The van der Waals surface area contributed by atoms with Crippen molar-refractivity contribution in [1.29, 1.82) is 0 Å². The van der Waals surface area contributed by atoms with Gasteiger partial charge in [-0.25, -0.2) is 0 Å². The van der Waals surface area contributed by atoms with E-state index in [1.54, 1.807) is 0 Å². The molecule has 0 aliphatic heterocycles. The lowest BCUT2D eigenvalue weighted by molar-refractivity contribution is -0.124. The molecule has 16 heavy (non-hydrogen) atoms. The first kappa shape index (κ1) is 15.4. The highest BCUT2D eigenvalue weighted by atomic mass is 16.1. The lowest BCUT2D eigenvalue weighted by Crippen LogP contribution is -2.37. The Morgan fingerprint density at radius 1 is 1.12 bits per heavy atom. The fraction of sp³-hybridized carbons (Fsp3) is 0.923. The molecule has 0 heterocycles. The van der Waals surface area contributed by atoms with Gasteiger partial charge in [0.25, 0.3) is 0 Å². The second kappa shape index (κ2) is 8.57. The SMILES string of the molecule is CCC(C)CC(C)C(=O)NCCNC(C)C. The molecular formula is C13H28N2O. The van der Waals surface area contributed by atoms with Crippen LogP contribution in [0.1, 0.15) is 47.5 Å². The first-order valence-corrected chi connectivity index (χ1v) is 6.48. The number of carbonyl (C=O) groups excluding carboxylic acids is 1. The molecule has 0 bridgehead atoms. The molecule has 2 atom stereocenters. The van der Waals surface area contributed by atoms with Crippen LogP contribution >= 0.6 is 0 Å². The van der Waals surface area contributed by atoms with E-state index in [-0.39, 0.29) is 11.8 Å². The van der Waals surface area contributed by atoms with Crippen LogP contribution in [0.2, 0.25) is 0 Å². The molecule has 0 saturated heterocycles. The molecule has 0 fully saturated rings. The molecule has 3 nitrogen and oxygen atoms in total. The fourth-order valence-corrected chi connectivity index (χ4v) is 1.60. The van der Waals surface area contributed by atoms with E-state index in [1.165, 1.54) is 0 Å². The summed E-state index contributed by atoms with van der Waals surface area (Å²) in [4.78, 5) is 11.7. The van der Waals surface area contributed by atoms with Gasteiger partial charge in [-0.05, 0) is 12.3 Å². The summed E-state index contributed by atoms with van der Waals surface area (Å²) in [7, 11) is 0. The van der Waals surface area contributed by atoms with Gasteiger partial charge in [0, 0.05) is 25.0 Å². The average Bonchev–Trinajstić information content (AvgIpc) is 2.23. The van der Waals surface area contributed by atoms with Crippen molar-refractivity contribution in [2.24, 2.45) is 11.8 Å². The number of amides is 1. The second-order valence-electron chi connectivity index (χ2n) is 5.05. The fourth-order valence-electron chi connectivity index (χ4n) is 1.60. The number of carbonyl (C=O) groups is 1. The van der Waals surface area contributed by atoms with Crippen LogP contribution in [0.4, 0.5) is 0 Å². The number of nitrogens with one attached hydrogen (secondary N) is 2. The standard InChI is InChI=1S/C13H28N2O/c1-6-11(4)9-12(5)13(16)15-8-7-14-10(2)3/h10-12,14H,6-9H2,1-5H3,(H,15,16). The molecule has 0 saturated carbocycles. The van der Waals surface area contributed by atoms with E-state index in [0.29, 0.717) is 12.0 Å². The number of hydrogen-bond donors (Lipinski definition) is 2. The van der Waals surface area contributed by atoms with Gasteiger partial charge in [-0.1, -0.05) is 41.0 Å². The Bertz CT molecular complexity index is 192. The summed E-state index contributed by atoms with van der Waals surface area (Å²) in [5.41, 5.74) is 0. The molecule has 0 spiro atoms. The van der Waals surface area contributed by atoms with Gasteiger partial charge in [0.15, 0.2) is 0 Å². The van der Waals surface area contributed by atoms with Crippen LogP contribution in [0.3, 0.4) is 0 Å². The minimum absolute atomic E-state index is 0.133. The van der Waals surface area contributed by atoms with Gasteiger partial charge in [-0.2, -0.15) is 0 Å². The third-order valence-electron chi connectivity index (χ3n) is 2.88. The largest absolute Gasteiger partial charge is 0.355 e. The van der Waals surface area contributed by atoms with Gasteiger partial charge in [-0.3, -0.25) is 4.79 Å². The lowest BCUT2D eigenvalue weighted by Gasteiger charge is -2.16. The minimum atomic E-state index is 0.133. The van der Waals surface area contributed by atoms with E-state index in [9.17, 15) is 4.79 Å². The highest BCUT2D eigenvalue weighted by molar-refractivity contribution is 5.78. The van der Waals surface area contributed by atoms with Crippen LogP contribution in [0.5, 0.6) is 0 Å². The first-order chi connectivity index (χ1) is 7.47.